The number of ether oxygens (including phenoxy) is 2. The van der Waals surface area contributed by atoms with Crippen LogP contribution in [0.1, 0.15) is 60.3 Å². The van der Waals surface area contributed by atoms with Crippen molar-refractivity contribution in [3.63, 3.8) is 0 Å². The molecule has 0 spiro atoms. The zero-order valence-electron chi connectivity index (χ0n) is 33.3. The maximum atomic E-state index is 14.2. The number of methoxy groups -OCH3 is 1. The van der Waals surface area contributed by atoms with Gasteiger partial charge in [-0.1, -0.05) is 11.6 Å². The predicted molar refractivity (Wildman–Crippen MR) is 211 cm³/mol. The number of carbonyl (C=O) groups is 4. The molecule has 0 aliphatic carbocycles. The Morgan fingerprint density at radius 3 is 2.19 bits per heavy atom. The van der Waals surface area contributed by atoms with Crippen LogP contribution in [0.25, 0.3) is 17.1 Å². The summed E-state index contributed by atoms with van der Waals surface area (Å²) in [6.45, 7) is 8.53. The zero-order chi connectivity index (χ0) is 42.6. The second-order valence-electron chi connectivity index (χ2n) is 15.2. The standard InChI is InChI=1S/C39H46ClF3N10O6/c1-38(2,3)59-37(57)52-13-10-24(11-14-52)35(55)50-15-17-51(18-16-50)36(56)27-8-6-25(20-29(27)40)47-34(54)33-46-22-30(49(33)4)28-23-53(48-32(28)39(41,42)43)31-9-7-26(21-45-31)44-12-19-58-5/h6-9,20-24,44H,10-19H2,1-5H3,(H,47,54). The summed E-state index contributed by atoms with van der Waals surface area (Å²) >= 11 is 6.54. The molecule has 0 saturated carbocycles. The van der Waals surface area contributed by atoms with Gasteiger partial charge in [-0.05, 0) is 63.9 Å². The van der Waals surface area contributed by atoms with Gasteiger partial charge in [0, 0.05) is 77.8 Å². The van der Waals surface area contributed by atoms with E-state index in [0.29, 0.717) is 70.9 Å². The molecule has 0 atom stereocenters. The monoisotopic (exact) mass is 842 g/mol. The molecule has 2 aliphatic rings. The lowest BCUT2D eigenvalue weighted by atomic mass is 9.95. The number of anilines is 2. The van der Waals surface area contributed by atoms with Gasteiger partial charge in [-0.15, -0.1) is 0 Å². The fourth-order valence-corrected chi connectivity index (χ4v) is 7.09. The quantitative estimate of drug-likeness (QED) is 0.192. The van der Waals surface area contributed by atoms with Crippen LogP contribution >= 0.6 is 11.6 Å². The van der Waals surface area contributed by atoms with Crippen molar-refractivity contribution in [1.82, 2.24) is 39.0 Å². The molecule has 3 aromatic heterocycles. The van der Waals surface area contributed by atoms with E-state index in [1.165, 1.54) is 48.3 Å². The third-order valence-electron chi connectivity index (χ3n) is 9.90. The first-order valence-electron chi connectivity index (χ1n) is 19.0. The Balaban J connectivity index is 1.06. The minimum atomic E-state index is -4.83. The van der Waals surface area contributed by atoms with Crippen LogP contribution in [0.3, 0.4) is 0 Å². The average molecular weight is 843 g/mol. The maximum Gasteiger partial charge on any atom is 0.435 e. The van der Waals surface area contributed by atoms with Crippen LogP contribution in [-0.4, -0.2) is 128 Å². The molecule has 6 rings (SSSR count). The largest absolute Gasteiger partial charge is 0.444 e. The molecule has 5 heterocycles. The number of amides is 4. The summed E-state index contributed by atoms with van der Waals surface area (Å²) in [4.78, 5) is 65.9. The zero-order valence-corrected chi connectivity index (χ0v) is 34.1. The van der Waals surface area contributed by atoms with E-state index < -0.39 is 23.4 Å². The topological polar surface area (TPSA) is 169 Å². The van der Waals surface area contributed by atoms with Gasteiger partial charge in [-0.25, -0.2) is 19.4 Å². The molecule has 2 N–H and O–H groups in total. The molecule has 2 aliphatic heterocycles. The van der Waals surface area contributed by atoms with E-state index in [9.17, 15) is 32.3 Å². The van der Waals surface area contributed by atoms with Crippen LogP contribution in [0, 0.1) is 5.92 Å². The Kier molecular flexibility index (Phi) is 12.8. The van der Waals surface area contributed by atoms with E-state index in [1.807, 2.05) is 20.8 Å². The van der Waals surface area contributed by atoms with Crippen molar-refractivity contribution in [1.29, 1.82) is 0 Å². The van der Waals surface area contributed by atoms with Gasteiger partial charge in [0.25, 0.3) is 11.8 Å². The third-order valence-corrected chi connectivity index (χ3v) is 10.2. The lowest BCUT2D eigenvalue weighted by molar-refractivity contribution is -0.141. The molecule has 20 heteroatoms. The van der Waals surface area contributed by atoms with Gasteiger partial charge in [-0.2, -0.15) is 18.3 Å². The van der Waals surface area contributed by atoms with Crippen LogP contribution in [0.2, 0.25) is 5.02 Å². The molecule has 0 radical (unpaired) electrons. The van der Waals surface area contributed by atoms with Crippen molar-refractivity contribution in [3.05, 3.63) is 71.0 Å². The van der Waals surface area contributed by atoms with E-state index in [2.05, 4.69) is 25.7 Å². The number of hydrogen-bond donors (Lipinski definition) is 2. The van der Waals surface area contributed by atoms with Crippen LogP contribution in [-0.2, 0) is 27.5 Å². The minimum absolute atomic E-state index is 0.000431. The Morgan fingerprint density at radius 2 is 1.58 bits per heavy atom. The Hall–Kier alpha value is -5.69. The molecule has 2 saturated heterocycles. The lowest BCUT2D eigenvalue weighted by Gasteiger charge is -2.38. The number of nitrogens with zero attached hydrogens (tertiary/aromatic N) is 8. The van der Waals surface area contributed by atoms with Crippen molar-refractivity contribution >= 4 is 46.8 Å². The Bertz CT molecular complexity index is 2170. The lowest BCUT2D eigenvalue weighted by Crippen LogP contribution is -2.53. The van der Waals surface area contributed by atoms with Crippen LogP contribution in [0.4, 0.5) is 29.3 Å². The highest BCUT2D eigenvalue weighted by molar-refractivity contribution is 6.34. The second kappa shape index (κ2) is 17.7. The fourth-order valence-electron chi connectivity index (χ4n) is 6.83. The Morgan fingerprint density at radius 1 is 0.898 bits per heavy atom. The van der Waals surface area contributed by atoms with Crippen LogP contribution in [0.15, 0.2) is 48.9 Å². The molecule has 2 fully saturated rings. The number of hydrogen-bond acceptors (Lipinski definition) is 10. The van der Waals surface area contributed by atoms with Crippen molar-refractivity contribution in [3.8, 4) is 17.1 Å². The minimum Gasteiger partial charge on any atom is -0.444 e. The van der Waals surface area contributed by atoms with Crippen molar-refractivity contribution in [2.45, 2.75) is 45.4 Å². The van der Waals surface area contributed by atoms with Gasteiger partial charge in [0.1, 0.15) is 5.60 Å². The summed E-state index contributed by atoms with van der Waals surface area (Å²) in [6.07, 6.45) is -0.362. The molecular weight excluding hydrogens is 797 g/mol. The number of rotatable bonds is 10. The number of piperazine rings is 1. The smallest absolute Gasteiger partial charge is 0.435 e. The number of aromatic nitrogens is 5. The number of benzene rings is 1. The molecule has 4 aromatic rings. The molecule has 59 heavy (non-hydrogen) atoms. The predicted octanol–water partition coefficient (Wildman–Crippen LogP) is 5.58. The summed E-state index contributed by atoms with van der Waals surface area (Å²) in [5.41, 5.74) is -1.05. The average Bonchev–Trinajstić information content (AvgIpc) is 3.81. The number of piperidine rings is 1. The van der Waals surface area contributed by atoms with Crippen molar-refractivity contribution in [2.24, 2.45) is 13.0 Å². The first-order valence-corrected chi connectivity index (χ1v) is 19.4. The number of carbonyl (C=O) groups excluding carboxylic acids is 4. The number of halogens is 4. The fraction of sp³-hybridized carbons (Fsp3) is 0.462. The molecule has 4 amide bonds. The molecular formula is C39H46ClF3N10O6. The van der Waals surface area contributed by atoms with Gasteiger partial charge in [-0.3, -0.25) is 14.4 Å². The van der Waals surface area contributed by atoms with Gasteiger partial charge < -0.3 is 39.4 Å². The highest BCUT2D eigenvalue weighted by Gasteiger charge is 2.39. The van der Waals surface area contributed by atoms with Gasteiger partial charge in [0.15, 0.2) is 17.3 Å². The molecule has 1 aromatic carbocycles. The number of nitrogens with one attached hydrogen (secondary N) is 2. The summed E-state index contributed by atoms with van der Waals surface area (Å²) in [7, 11) is 2.97. The molecule has 316 valence electrons. The summed E-state index contributed by atoms with van der Waals surface area (Å²) in [5.74, 6) is -1.35. The SMILES string of the molecule is COCCNc1ccc(-n2cc(-c3cnc(C(=O)Nc4ccc(C(=O)N5CCN(C(=O)C6CCN(C(=O)OC(C)(C)C)CC6)CC5)c(Cl)c4)n3C)c(C(F)(F)F)n2)nc1. The molecule has 0 bridgehead atoms. The number of imidazole rings is 1. The highest BCUT2D eigenvalue weighted by atomic mass is 35.5. The molecule has 0 unspecified atom stereocenters. The highest BCUT2D eigenvalue weighted by Crippen LogP contribution is 2.37. The van der Waals surface area contributed by atoms with E-state index >= 15 is 0 Å². The summed E-state index contributed by atoms with van der Waals surface area (Å²) < 4.78 is 55.3. The second-order valence-corrected chi connectivity index (χ2v) is 15.6. The van der Waals surface area contributed by atoms with Crippen molar-refractivity contribution < 1.29 is 41.8 Å². The third kappa shape index (κ3) is 10.1. The first kappa shape index (κ1) is 42.9. The van der Waals surface area contributed by atoms with E-state index in [4.69, 9.17) is 21.1 Å². The summed E-state index contributed by atoms with van der Waals surface area (Å²) in [6, 6.07) is 7.53. The van der Waals surface area contributed by atoms with E-state index in [1.54, 1.807) is 27.9 Å². The number of likely N-dealkylation sites (tertiary alicyclic amines) is 1. The van der Waals surface area contributed by atoms with Gasteiger partial charge >= 0.3 is 12.3 Å². The first-order chi connectivity index (χ1) is 27.9. The summed E-state index contributed by atoms with van der Waals surface area (Å²) in [5, 5.41) is 9.57. The van der Waals surface area contributed by atoms with E-state index in [-0.39, 0.29) is 63.0 Å². The molecule has 16 nitrogen and oxygen atoms in total. The number of pyridine rings is 1. The van der Waals surface area contributed by atoms with E-state index in [0.717, 1.165) is 10.9 Å². The maximum absolute atomic E-state index is 14.2. The number of alkyl halides is 3. The Labute approximate surface area is 343 Å². The normalized spacial score (nSPS) is 15.3. The van der Waals surface area contributed by atoms with Crippen LogP contribution < -0.4 is 10.6 Å². The van der Waals surface area contributed by atoms with Gasteiger partial charge in [0.05, 0.1) is 46.5 Å². The van der Waals surface area contributed by atoms with Gasteiger partial charge in [0.2, 0.25) is 5.91 Å². The van der Waals surface area contributed by atoms with Crippen LogP contribution in [0.5, 0.6) is 0 Å². The van der Waals surface area contributed by atoms with Crippen molar-refractivity contribution in [2.75, 3.05) is 70.2 Å².